The van der Waals surface area contributed by atoms with Gasteiger partial charge in [0.15, 0.2) is 5.60 Å². The monoisotopic (exact) mass is 142 g/mol. The Morgan fingerprint density at radius 1 is 1.80 bits per heavy atom. The van der Waals surface area contributed by atoms with Crippen LogP contribution in [0, 0.1) is 0 Å². The first-order valence-electron chi connectivity index (χ1n) is 3.64. The molecular weight excluding hydrogens is 128 g/mol. The smallest absolute Gasteiger partial charge is 0.152 e. The van der Waals surface area contributed by atoms with Crippen molar-refractivity contribution in [3.63, 3.8) is 0 Å². The van der Waals surface area contributed by atoms with Gasteiger partial charge in [-0.3, -0.25) is 0 Å². The minimum atomic E-state index is -0.217. The molecule has 3 heteroatoms. The standard InChI is InChI=1S/C7H14N2O/c1-3-6-4-7(2,5-8)10-9-6/h3-5,8H2,1-2H3/t7-/m1/s1. The average molecular weight is 142 g/mol. The summed E-state index contributed by atoms with van der Waals surface area (Å²) < 4.78 is 0. The van der Waals surface area contributed by atoms with E-state index in [0.717, 1.165) is 18.6 Å². The van der Waals surface area contributed by atoms with Gasteiger partial charge in [-0.25, -0.2) is 0 Å². The number of hydrogen-bond acceptors (Lipinski definition) is 3. The van der Waals surface area contributed by atoms with E-state index in [0.29, 0.717) is 6.54 Å². The van der Waals surface area contributed by atoms with Crippen LogP contribution >= 0.6 is 0 Å². The van der Waals surface area contributed by atoms with Crippen LogP contribution in [0.5, 0.6) is 0 Å². The van der Waals surface area contributed by atoms with Crippen molar-refractivity contribution >= 4 is 5.71 Å². The largest absolute Gasteiger partial charge is 0.388 e. The number of nitrogens with zero attached hydrogens (tertiary/aromatic N) is 1. The van der Waals surface area contributed by atoms with E-state index in [1.807, 2.05) is 6.92 Å². The molecule has 3 nitrogen and oxygen atoms in total. The van der Waals surface area contributed by atoms with Crippen molar-refractivity contribution in [3.8, 4) is 0 Å². The van der Waals surface area contributed by atoms with Crippen LogP contribution in [0.3, 0.4) is 0 Å². The topological polar surface area (TPSA) is 47.6 Å². The molecule has 0 saturated carbocycles. The lowest BCUT2D eigenvalue weighted by atomic mass is 9.99. The molecule has 10 heavy (non-hydrogen) atoms. The van der Waals surface area contributed by atoms with Crippen molar-refractivity contribution in [2.24, 2.45) is 10.9 Å². The number of nitrogens with two attached hydrogens (primary N) is 1. The third-order valence-corrected chi connectivity index (χ3v) is 1.81. The molecule has 1 rings (SSSR count). The first-order chi connectivity index (χ1) is 4.70. The molecule has 0 aromatic carbocycles. The van der Waals surface area contributed by atoms with Gasteiger partial charge in [-0.2, -0.15) is 0 Å². The minimum absolute atomic E-state index is 0.217. The molecule has 0 fully saturated rings. The van der Waals surface area contributed by atoms with E-state index in [1.165, 1.54) is 0 Å². The summed E-state index contributed by atoms with van der Waals surface area (Å²) in [6.45, 7) is 4.60. The van der Waals surface area contributed by atoms with Crippen LogP contribution in [0.1, 0.15) is 26.7 Å². The van der Waals surface area contributed by atoms with E-state index in [9.17, 15) is 0 Å². The van der Waals surface area contributed by atoms with Crippen molar-refractivity contribution < 1.29 is 4.84 Å². The van der Waals surface area contributed by atoms with Crippen LogP contribution < -0.4 is 5.73 Å². The van der Waals surface area contributed by atoms with Gasteiger partial charge < -0.3 is 10.6 Å². The Morgan fingerprint density at radius 2 is 2.50 bits per heavy atom. The van der Waals surface area contributed by atoms with Gasteiger partial charge in [-0.15, -0.1) is 0 Å². The SMILES string of the molecule is CCC1=NO[C@@](C)(CN)C1. The zero-order valence-electron chi connectivity index (χ0n) is 6.55. The van der Waals surface area contributed by atoms with E-state index < -0.39 is 0 Å². The van der Waals surface area contributed by atoms with Crippen LogP contribution in [0.4, 0.5) is 0 Å². The molecule has 0 spiro atoms. The molecule has 0 amide bonds. The normalized spacial score (nSPS) is 31.7. The van der Waals surface area contributed by atoms with Gasteiger partial charge in [-0.05, 0) is 13.3 Å². The van der Waals surface area contributed by atoms with Gasteiger partial charge >= 0.3 is 0 Å². The summed E-state index contributed by atoms with van der Waals surface area (Å²) in [5.41, 5.74) is 6.39. The molecule has 1 aliphatic rings. The number of oxime groups is 1. The summed E-state index contributed by atoms with van der Waals surface area (Å²) in [6.07, 6.45) is 1.86. The van der Waals surface area contributed by atoms with E-state index in [-0.39, 0.29) is 5.60 Å². The number of rotatable bonds is 2. The minimum Gasteiger partial charge on any atom is -0.388 e. The molecule has 0 aromatic heterocycles. The summed E-state index contributed by atoms with van der Waals surface area (Å²) in [5.74, 6) is 0. The molecule has 58 valence electrons. The Bertz CT molecular complexity index is 156. The summed E-state index contributed by atoms with van der Waals surface area (Å²) in [5, 5.41) is 3.91. The second-order valence-electron chi connectivity index (χ2n) is 2.93. The van der Waals surface area contributed by atoms with Gasteiger partial charge in [0, 0.05) is 13.0 Å². The molecule has 1 aliphatic heterocycles. The second kappa shape index (κ2) is 2.58. The lowest BCUT2D eigenvalue weighted by Crippen LogP contribution is -2.34. The molecule has 0 aromatic rings. The van der Waals surface area contributed by atoms with E-state index in [1.54, 1.807) is 0 Å². The third kappa shape index (κ3) is 1.29. The molecule has 0 bridgehead atoms. The summed E-state index contributed by atoms with van der Waals surface area (Å²) in [4.78, 5) is 5.16. The highest BCUT2D eigenvalue weighted by Crippen LogP contribution is 2.22. The van der Waals surface area contributed by atoms with E-state index >= 15 is 0 Å². The Morgan fingerprint density at radius 3 is 2.80 bits per heavy atom. The Balaban J connectivity index is 2.49. The fourth-order valence-electron chi connectivity index (χ4n) is 0.970. The molecule has 1 heterocycles. The Hall–Kier alpha value is -0.570. The Labute approximate surface area is 61.2 Å². The van der Waals surface area contributed by atoms with Crippen LogP contribution in [0.25, 0.3) is 0 Å². The van der Waals surface area contributed by atoms with Crippen molar-refractivity contribution in [1.29, 1.82) is 0 Å². The van der Waals surface area contributed by atoms with Crippen molar-refractivity contribution in [2.45, 2.75) is 32.3 Å². The van der Waals surface area contributed by atoms with Crippen molar-refractivity contribution in [2.75, 3.05) is 6.54 Å². The number of hydrogen-bond donors (Lipinski definition) is 1. The molecule has 0 aliphatic carbocycles. The van der Waals surface area contributed by atoms with Crippen molar-refractivity contribution in [1.82, 2.24) is 0 Å². The maximum atomic E-state index is 5.49. The fourth-order valence-corrected chi connectivity index (χ4v) is 0.970. The maximum Gasteiger partial charge on any atom is 0.152 e. The molecule has 0 saturated heterocycles. The summed E-state index contributed by atoms with van der Waals surface area (Å²) in [7, 11) is 0. The van der Waals surface area contributed by atoms with Gasteiger partial charge in [-0.1, -0.05) is 12.1 Å². The maximum absolute atomic E-state index is 5.49. The average Bonchev–Trinajstić information content (AvgIpc) is 2.33. The first kappa shape index (κ1) is 7.54. The second-order valence-corrected chi connectivity index (χ2v) is 2.93. The Kier molecular flexibility index (Phi) is 1.94. The highest BCUT2D eigenvalue weighted by molar-refractivity contribution is 5.85. The quantitative estimate of drug-likeness (QED) is 0.622. The van der Waals surface area contributed by atoms with Crippen LogP contribution in [-0.4, -0.2) is 17.9 Å². The van der Waals surface area contributed by atoms with Gasteiger partial charge in [0.1, 0.15) is 0 Å². The highest BCUT2D eigenvalue weighted by Gasteiger charge is 2.31. The summed E-state index contributed by atoms with van der Waals surface area (Å²) in [6, 6.07) is 0. The lowest BCUT2D eigenvalue weighted by Gasteiger charge is -2.17. The molecule has 0 unspecified atom stereocenters. The summed E-state index contributed by atoms with van der Waals surface area (Å²) >= 11 is 0. The van der Waals surface area contributed by atoms with E-state index in [4.69, 9.17) is 10.6 Å². The molecular formula is C7H14N2O. The van der Waals surface area contributed by atoms with Crippen LogP contribution in [0.2, 0.25) is 0 Å². The van der Waals surface area contributed by atoms with Crippen LogP contribution in [-0.2, 0) is 4.84 Å². The zero-order valence-corrected chi connectivity index (χ0v) is 6.55. The predicted molar refractivity (Wildman–Crippen MR) is 40.9 cm³/mol. The molecule has 1 atom stereocenters. The molecule has 2 N–H and O–H groups in total. The molecule has 0 radical (unpaired) electrons. The zero-order chi connectivity index (χ0) is 7.61. The predicted octanol–water partition coefficient (Wildman–Crippen LogP) is 0.890. The van der Waals surface area contributed by atoms with E-state index in [2.05, 4.69) is 12.1 Å². The first-order valence-corrected chi connectivity index (χ1v) is 3.64. The van der Waals surface area contributed by atoms with Crippen LogP contribution in [0.15, 0.2) is 5.16 Å². The lowest BCUT2D eigenvalue weighted by molar-refractivity contribution is 0.00421. The third-order valence-electron chi connectivity index (χ3n) is 1.81. The van der Waals surface area contributed by atoms with Gasteiger partial charge in [0.2, 0.25) is 0 Å². The fraction of sp³-hybridized carbons (Fsp3) is 0.857. The van der Waals surface area contributed by atoms with Crippen molar-refractivity contribution in [3.05, 3.63) is 0 Å². The highest BCUT2D eigenvalue weighted by atomic mass is 16.7. The van der Waals surface area contributed by atoms with Gasteiger partial charge in [0.05, 0.1) is 5.71 Å². The van der Waals surface area contributed by atoms with Gasteiger partial charge in [0.25, 0.3) is 0 Å².